The van der Waals surface area contributed by atoms with Crippen LogP contribution in [0.4, 0.5) is 4.79 Å². The molecule has 1 saturated carbocycles. The first-order chi connectivity index (χ1) is 17.0. The lowest BCUT2D eigenvalue weighted by Crippen LogP contribution is -2.41. The summed E-state index contributed by atoms with van der Waals surface area (Å²) in [4.78, 5) is 36.0. The Labute approximate surface area is 204 Å². The monoisotopic (exact) mass is 478 g/mol. The lowest BCUT2D eigenvalue weighted by Gasteiger charge is -2.18. The number of carbonyl (C=O) groups is 3. The van der Waals surface area contributed by atoms with E-state index in [0.717, 1.165) is 11.1 Å². The third-order valence-electron chi connectivity index (χ3n) is 7.35. The lowest BCUT2D eigenvalue weighted by atomic mass is 9.98. The minimum atomic E-state index is -0.807. The topological polar surface area (TPSA) is 114 Å². The highest BCUT2D eigenvalue weighted by Crippen LogP contribution is 2.44. The standard InChI is InChI=1S/C27H30N2O6/c30-25(29-17-10-9-16(13-17)26(31)32)24-12-11-18(35-24)14-28-27(33)34-15-23-21-7-3-1-5-19(21)20-6-2-4-8-22(20)23/h1-8,16-18,23-24H,9-15H2,(H,28,33)(H,29,30)(H,31,32). The van der Waals surface area contributed by atoms with Crippen molar-refractivity contribution < 1.29 is 29.0 Å². The van der Waals surface area contributed by atoms with E-state index < -0.39 is 18.2 Å². The molecule has 5 rings (SSSR count). The maximum Gasteiger partial charge on any atom is 0.407 e. The first-order valence-corrected chi connectivity index (χ1v) is 12.3. The molecular weight excluding hydrogens is 448 g/mol. The number of nitrogens with one attached hydrogen (secondary N) is 2. The van der Waals surface area contributed by atoms with E-state index in [2.05, 4.69) is 34.9 Å². The van der Waals surface area contributed by atoms with Crippen LogP contribution in [-0.2, 0) is 19.1 Å². The van der Waals surface area contributed by atoms with Crippen LogP contribution in [0.3, 0.4) is 0 Å². The van der Waals surface area contributed by atoms with Crippen LogP contribution in [0.1, 0.15) is 49.1 Å². The van der Waals surface area contributed by atoms with Gasteiger partial charge in [-0.2, -0.15) is 0 Å². The van der Waals surface area contributed by atoms with Gasteiger partial charge >= 0.3 is 12.1 Å². The average Bonchev–Trinajstić information content (AvgIpc) is 3.59. The van der Waals surface area contributed by atoms with Crippen molar-refractivity contribution in [2.24, 2.45) is 5.92 Å². The predicted octanol–water partition coefficient (Wildman–Crippen LogP) is 3.44. The number of alkyl carbamates (subject to hydrolysis) is 1. The Hall–Kier alpha value is -3.39. The van der Waals surface area contributed by atoms with E-state index >= 15 is 0 Å². The fraction of sp³-hybridized carbons (Fsp3) is 0.444. The smallest absolute Gasteiger partial charge is 0.407 e. The Morgan fingerprint density at radius 2 is 1.63 bits per heavy atom. The molecule has 2 aromatic carbocycles. The number of hydrogen-bond donors (Lipinski definition) is 3. The molecule has 35 heavy (non-hydrogen) atoms. The Morgan fingerprint density at radius 3 is 2.29 bits per heavy atom. The van der Waals surface area contributed by atoms with Crippen LogP contribution in [0.5, 0.6) is 0 Å². The molecule has 4 unspecified atom stereocenters. The summed E-state index contributed by atoms with van der Waals surface area (Å²) in [7, 11) is 0. The molecule has 0 aromatic heterocycles. The maximum atomic E-state index is 12.5. The molecular formula is C27H30N2O6. The van der Waals surface area contributed by atoms with E-state index in [1.54, 1.807) is 0 Å². The molecule has 2 amide bonds. The van der Waals surface area contributed by atoms with Gasteiger partial charge in [0.25, 0.3) is 0 Å². The number of carbonyl (C=O) groups excluding carboxylic acids is 2. The van der Waals surface area contributed by atoms with Crippen LogP contribution in [0.15, 0.2) is 48.5 Å². The summed E-state index contributed by atoms with van der Waals surface area (Å²) in [5.41, 5.74) is 4.67. The molecule has 2 fully saturated rings. The van der Waals surface area contributed by atoms with E-state index in [0.29, 0.717) is 32.1 Å². The van der Waals surface area contributed by atoms with Crippen LogP contribution >= 0.6 is 0 Å². The second kappa shape index (κ2) is 10.1. The zero-order chi connectivity index (χ0) is 24.4. The van der Waals surface area contributed by atoms with Crippen LogP contribution < -0.4 is 10.6 Å². The molecule has 4 atom stereocenters. The van der Waals surface area contributed by atoms with Gasteiger partial charge in [0, 0.05) is 18.5 Å². The van der Waals surface area contributed by atoms with Crippen molar-refractivity contribution in [2.75, 3.05) is 13.2 Å². The second-order valence-corrected chi connectivity index (χ2v) is 9.58. The van der Waals surface area contributed by atoms with Crippen molar-refractivity contribution >= 4 is 18.0 Å². The van der Waals surface area contributed by atoms with Gasteiger partial charge in [0.1, 0.15) is 12.7 Å². The molecule has 2 aliphatic carbocycles. The SMILES string of the molecule is O=C(NCC1CCC(C(=O)NC2CCC(C(=O)O)C2)O1)OCC1c2ccccc2-c2ccccc21. The third kappa shape index (κ3) is 5.03. The molecule has 3 N–H and O–H groups in total. The van der Waals surface area contributed by atoms with Gasteiger partial charge in [0.15, 0.2) is 0 Å². The quantitative estimate of drug-likeness (QED) is 0.562. The Morgan fingerprint density at radius 1 is 0.943 bits per heavy atom. The minimum Gasteiger partial charge on any atom is -0.481 e. The van der Waals surface area contributed by atoms with Crippen LogP contribution in [0.2, 0.25) is 0 Å². The highest BCUT2D eigenvalue weighted by Gasteiger charge is 2.35. The molecule has 3 aliphatic rings. The van der Waals surface area contributed by atoms with Gasteiger partial charge in [-0.1, -0.05) is 48.5 Å². The van der Waals surface area contributed by atoms with Crippen molar-refractivity contribution in [1.82, 2.24) is 10.6 Å². The first-order valence-electron chi connectivity index (χ1n) is 12.3. The highest BCUT2D eigenvalue weighted by atomic mass is 16.5. The van der Waals surface area contributed by atoms with E-state index in [9.17, 15) is 14.4 Å². The largest absolute Gasteiger partial charge is 0.481 e. The first kappa shape index (κ1) is 23.4. The summed E-state index contributed by atoms with van der Waals surface area (Å²) in [6, 6.07) is 16.2. The molecule has 0 radical (unpaired) electrons. The van der Waals surface area contributed by atoms with Crippen LogP contribution in [-0.4, -0.2) is 54.5 Å². The van der Waals surface area contributed by atoms with Gasteiger partial charge < -0.3 is 25.2 Å². The van der Waals surface area contributed by atoms with E-state index in [-0.39, 0.29) is 43.0 Å². The van der Waals surface area contributed by atoms with Gasteiger partial charge in [-0.05, 0) is 54.4 Å². The van der Waals surface area contributed by atoms with Crippen molar-refractivity contribution in [3.63, 3.8) is 0 Å². The molecule has 1 heterocycles. The van der Waals surface area contributed by atoms with Crippen molar-refractivity contribution in [1.29, 1.82) is 0 Å². The zero-order valence-electron chi connectivity index (χ0n) is 19.4. The molecule has 184 valence electrons. The Bertz CT molecular complexity index is 1070. The number of aliphatic carboxylic acids is 1. The van der Waals surface area contributed by atoms with E-state index in [1.165, 1.54) is 11.1 Å². The molecule has 2 aromatic rings. The summed E-state index contributed by atoms with van der Waals surface area (Å²) in [6.45, 7) is 0.514. The minimum absolute atomic E-state index is 0.000249. The van der Waals surface area contributed by atoms with E-state index in [1.807, 2.05) is 24.3 Å². The molecule has 1 aliphatic heterocycles. The number of carboxylic acids is 1. The second-order valence-electron chi connectivity index (χ2n) is 9.58. The molecule has 1 saturated heterocycles. The number of amides is 2. The van der Waals surface area contributed by atoms with Gasteiger partial charge in [-0.3, -0.25) is 9.59 Å². The summed E-state index contributed by atoms with van der Waals surface area (Å²) >= 11 is 0. The van der Waals surface area contributed by atoms with Gasteiger partial charge in [-0.25, -0.2) is 4.79 Å². The lowest BCUT2D eigenvalue weighted by molar-refractivity contribution is -0.141. The fourth-order valence-corrected chi connectivity index (χ4v) is 5.53. The highest BCUT2D eigenvalue weighted by molar-refractivity contribution is 5.82. The number of fused-ring (bicyclic) bond motifs is 3. The number of ether oxygens (including phenoxy) is 2. The van der Waals surface area contributed by atoms with Crippen LogP contribution in [0, 0.1) is 5.92 Å². The predicted molar refractivity (Wildman–Crippen MR) is 128 cm³/mol. The number of rotatable bonds is 7. The maximum absolute atomic E-state index is 12.5. The van der Waals surface area contributed by atoms with Gasteiger partial charge in [0.05, 0.1) is 12.0 Å². The molecule has 8 nitrogen and oxygen atoms in total. The van der Waals surface area contributed by atoms with Crippen LogP contribution in [0.25, 0.3) is 11.1 Å². The summed E-state index contributed by atoms with van der Waals surface area (Å²) < 4.78 is 11.4. The molecule has 0 bridgehead atoms. The molecule has 0 spiro atoms. The molecule has 8 heteroatoms. The van der Waals surface area contributed by atoms with Gasteiger partial charge in [-0.15, -0.1) is 0 Å². The Kier molecular flexibility index (Phi) is 6.72. The van der Waals surface area contributed by atoms with Gasteiger partial charge in [0.2, 0.25) is 5.91 Å². The Balaban J connectivity index is 1.06. The van der Waals surface area contributed by atoms with Crippen molar-refractivity contribution in [3.8, 4) is 11.1 Å². The normalized spacial score (nSPS) is 25.0. The zero-order valence-corrected chi connectivity index (χ0v) is 19.4. The fourth-order valence-electron chi connectivity index (χ4n) is 5.53. The third-order valence-corrected chi connectivity index (χ3v) is 7.35. The average molecular weight is 479 g/mol. The summed E-state index contributed by atoms with van der Waals surface area (Å²) in [5, 5.41) is 14.8. The summed E-state index contributed by atoms with van der Waals surface area (Å²) in [6.07, 6.45) is 1.59. The van der Waals surface area contributed by atoms with Crippen molar-refractivity contribution in [2.45, 2.75) is 56.3 Å². The number of hydrogen-bond acceptors (Lipinski definition) is 5. The number of carboxylic acid groups (broad SMARTS) is 1. The van der Waals surface area contributed by atoms with E-state index in [4.69, 9.17) is 14.6 Å². The summed E-state index contributed by atoms with van der Waals surface area (Å²) in [5.74, 6) is -1.40. The van der Waals surface area contributed by atoms with Crippen molar-refractivity contribution in [3.05, 3.63) is 59.7 Å². The number of benzene rings is 2.